The minimum Gasteiger partial charge on any atom is -0.387 e. The van der Waals surface area contributed by atoms with Gasteiger partial charge in [-0.1, -0.05) is 78.1 Å². The summed E-state index contributed by atoms with van der Waals surface area (Å²) in [6, 6.07) is 0. The van der Waals surface area contributed by atoms with Crippen molar-refractivity contribution in [2.75, 3.05) is 26.4 Å². The van der Waals surface area contributed by atoms with E-state index in [-0.39, 0.29) is 13.2 Å². The van der Waals surface area contributed by atoms with Gasteiger partial charge in [-0.2, -0.15) is 0 Å². The number of rotatable bonds is 28. The lowest BCUT2D eigenvalue weighted by Gasteiger charge is -2.45. The Balaban J connectivity index is 3.07. The van der Waals surface area contributed by atoms with Crippen LogP contribution in [0.3, 0.4) is 0 Å². The first kappa shape index (κ1) is 47.3. The number of aliphatic hydroxyl groups excluding tert-OH is 2. The van der Waals surface area contributed by atoms with Crippen molar-refractivity contribution >= 4 is 31.3 Å². The van der Waals surface area contributed by atoms with Crippen molar-refractivity contribution in [2.24, 2.45) is 0 Å². The molecule has 1 aliphatic rings. The van der Waals surface area contributed by atoms with Crippen molar-refractivity contribution in [3.8, 4) is 0 Å². The van der Waals surface area contributed by atoms with Crippen molar-refractivity contribution in [1.82, 2.24) is 0 Å². The van der Waals surface area contributed by atoms with Crippen molar-refractivity contribution in [3.05, 3.63) is 0 Å². The van der Waals surface area contributed by atoms with E-state index in [9.17, 15) is 62.7 Å². The zero-order valence-corrected chi connectivity index (χ0v) is 31.2. The lowest BCUT2D eigenvalue weighted by atomic mass is 9.85. The summed E-state index contributed by atoms with van der Waals surface area (Å²) in [5.41, 5.74) is 0. The molecule has 294 valence electrons. The van der Waals surface area contributed by atoms with E-state index in [1.807, 2.05) is 0 Å². The summed E-state index contributed by atoms with van der Waals surface area (Å²) in [6.07, 6.45) is -4.73. The maximum Gasteiger partial charge on any atom is 0.472 e. The zero-order chi connectivity index (χ0) is 37.3. The zero-order valence-electron chi connectivity index (χ0n) is 27.7. The largest absolute Gasteiger partial charge is 0.472 e. The average Bonchev–Trinajstić information content (AvgIpc) is 2.97. The van der Waals surface area contributed by atoms with Gasteiger partial charge in [0.05, 0.1) is 13.2 Å². The van der Waals surface area contributed by atoms with Crippen LogP contribution in [0.4, 0.5) is 0 Å². The van der Waals surface area contributed by atoms with Crippen LogP contribution in [-0.4, -0.2) is 114 Å². The van der Waals surface area contributed by atoms with Gasteiger partial charge < -0.3 is 53.9 Å². The molecule has 3 unspecified atom stereocenters. The average molecular weight is 799 g/mol. The molecule has 1 fully saturated rings. The van der Waals surface area contributed by atoms with E-state index in [0.717, 1.165) is 70.6 Å². The molecule has 1 aliphatic carbocycles. The van der Waals surface area contributed by atoms with Crippen LogP contribution in [0.2, 0.25) is 0 Å². The van der Waals surface area contributed by atoms with Gasteiger partial charge in [0.15, 0.2) is 0 Å². The minimum absolute atomic E-state index is 0.0444. The fourth-order valence-corrected chi connectivity index (χ4v) is 7.61. The second-order valence-electron chi connectivity index (χ2n) is 11.6. The molecule has 0 aromatic rings. The van der Waals surface area contributed by atoms with Crippen molar-refractivity contribution in [1.29, 1.82) is 0 Å². The smallest absolute Gasteiger partial charge is 0.387 e. The molecule has 0 heterocycles. The second kappa shape index (κ2) is 23.1. The molecule has 0 radical (unpaired) electrons. The van der Waals surface area contributed by atoms with E-state index in [4.69, 9.17) is 18.5 Å². The quantitative estimate of drug-likeness (QED) is 0.0406. The third-order valence-electron chi connectivity index (χ3n) is 7.25. The molecule has 0 amide bonds. The molecular weight excluding hydrogens is 744 g/mol. The highest BCUT2D eigenvalue weighted by Gasteiger charge is 2.58. The first-order valence-electron chi connectivity index (χ1n) is 16.1. The monoisotopic (exact) mass is 798 g/mol. The van der Waals surface area contributed by atoms with E-state index in [2.05, 4.69) is 27.4 Å². The number of ether oxygens (including phenoxy) is 2. The highest BCUT2D eigenvalue weighted by Crippen LogP contribution is 2.53. The Morgan fingerprint density at radius 1 is 0.510 bits per heavy atom. The maximum atomic E-state index is 13.0. The molecule has 1 saturated carbocycles. The molecule has 24 heteroatoms. The van der Waals surface area contributed by atoms with E-state index in [1.54, 1.807) is 0 Å². The number of hydrogen-bond acceptors (Lipinski definition) is 13. The first-order chi connectivity index (χ1) is 22.7. The van der Waals surface area contributed by atoms with E-state index in [1.165, 1.54) is 0 Å². The van der Waals surface area contributed by atoms with Crippen LogP contribution in [0.15, 0.2) is 0 Å². The second-order valence-corrected chi connectivity index (χ2v) is 16.6. The Morgan fingerprint density at radius 2 is 0.918 bits per heavy atom. The van der Waals surface area contributed by atoms with Gasteiger partial charge in [0.1, 0.15) is 42.7 Å². The Kier molecular flexibility index (Phi) is 22.3. The van der Waals surface area contributed by atoms with Gasteiger partial charge >= 0.3 is 31.3 Å². The Bertz CT molecular complexity index is 1060. The SMILES string of the molecule is CCCCCCCCOC[C@@H](COP(=O)(O)OC1[C@H](O)[C@H](OP(=O)(O)O)C(OP(=O)(O)O)[C@H](OP(=O)(O)O)[C@H]1O)OCCCCCCCC. The fraction of sp³-hybridized carbons (Fsp3) is 1.00. The predicted octanol–water partition coefficient (Wildman–Crippen LogP) is 2.78. The molecule has 9 N–H and O–H groups in total. The standard InChI is InChI=1S/C25H54O20P4/c1-3-5-7-9-11-13-15-39-17-19(40-16-14-12-10-8-6-4-2)18-41-49(37,38)45-22-20(26)23(42-46(28,29)30)25(44-48(34,35)36)24(21(22)27)43-47(31,32)33/h19-27H,3-18H2,1-2H3,(H,37,38)(H2,28,29,30)(H2,31,32,33)(H2,34,35,36)/t19-,20-,21-,22?,23-,24+,25?/m0/s1. The molecule has 0 spiro atoms. The van der Waals surface area contributed by atoms with Gasteiger partial charge in [0.25, 0.3) is 0 Å². The maximum absolute atomic E-state index is 13.0. The summed E-state index contributed by atoms with van der Waals surface area (Å²) < 4.78 is 82.2. The summed E-state index contributed by atoms with van der Waals surface area (Å²) >= 11 is 0. The van der Waals surface area contributed by atoms with Gasteiger partial charge in [-0.3, -0.25) is 22.6 Å². The summed E-state index contributed by atoms with van der Waals surface area (Å²) in [7, 11) is -22.5. The Hall–Kier alpha value is 0.280. The first-order valence-corrected chi connectivity index (χ1v) is 22.2. The van der Waals surface area contributed by atoms with Crippen LogP contribution in [0, 0.1) is 0 Å². The molecule has 8 atom stereocenters. The van der Waals surface area contributed by atoms with E-state index < -0.39 is 80.6 Å². The summed E-state index contributed by atoms with van der Waals surface area (Å²) in [4.78, 5) is 66.3. The van der Waals surface area contributed by atoms with Crippen LogP contribution >= 0.6 is 31.3 Å². The van der Waals surface area contributed by atoms with Crippen LogP contribution in [0.5, 0.6) is 0 Å². The molecule has 0 aliphatic heterocycles. The van der Waals surface area contributed by atoms with Gasteiger partial charge in [-0.05, 0) is 12.8 Å². The van der Waals surface area contributed by atoms with E-state index in [0.29, 0.717) is 13.0 Å². The lowest BCUT2D eigenvalue weighted by Crippen LogP contribution is -2.65. The normalized spacial score (nSPS) is 25.7. The summed E-state index contributed by atoms with van der Waals surface area (Å²) in [5, 5.41) is 21.5. The highest BCUT2D eigenvalue weighted by molar-refractivity contribution is 7.47. The van der Waals surface area contributed by atoms with Crippen LogP contribution in [0.25, 0.3) is 0 Å². The molecular formula is C25H54O20P4. The van der Waals surface area contributed by atoms with Crippen molar-refractivity contribution < 1.29 is 94.8 Å². The minimum atomic E-state index is -5.70. The van der Waals surface area contributed by atoms with Crippen molar-refractivity contribution in [3.63, 3.8) is 0 Å². The topological polar surface area (TPSA) is 315 Å². The van der Waals surface area contributed by atoms with Gasteiger partial charge in [-0.15, -0.1) is 0 Å². The number of unbranched alkanes of at least 4 members (excludes halogenated alkanes) is 10. The molecule has 0 aromatic carbocycles. The predicted molar refractivity (Wildman–Crippen MR) is 171 cm³/mol. The third kappa shape index (κ3) is 21.5. The van der Waals surface area contributed by atoms with Crippen molar-refractivity contribution in [2.45, 2.75) is 134 Å². The molecule has 0 bridgehead atoms. The van der Waals surface area contributed by atoms with Crippen LogP contribution in [-0.2, 0) is 50.4 Å². The number of aliphatic hydroxyl groups is 2. The molecule has 0 saturated heterocycles. The summed E-state index contributed by atoms with van der Waals surface area (Å²) in [5.74, 6) is 0. The number of phosphoric acid groups is 4. The van der Waals surface area contributed by atoms with Crippen LogP contribution < -0.4 is 0 Å². The lowest BCUT2D eigenvalue weighted by molar-refractivity contribution is -0.209. The van der Waals surface area contributed by atoms with Gasteiger partial charge in [0.2, 0.25) is 0 Å². The number of hydrogen-bond donors (Lipinski definition) is 9. The van der Waals surface area contributed by atoms with Gasteiger partial charge in [0, 0.05) is 13.2 Å². The van der Waals surface area contributed by atoms with Gasteiger partial charge in [-0.25, -0.2) is 18.3 Å². The molecule has 0 aromatic heterocycles. The molecule has 1 rings (SSSR count). The third-order valence-corrected chi connectivity index (χ3v) is 9.79. The number of phosphoric ester groups is 4. The van der Waals surface area contributed by atoms with E-state index >= 15 is 0 Å². The molecule has 20 nitrogen and oxygen atoms in total. The fourth-order valence-electron chi connectivity index (χ4n) is 4.95. The Labute approximate surface area is 286 Å². The van der Waals surface area contributed by atoms with Crippen LogP contribution in [0.1, 0.15) is 90.9 Å². The summed E-state index contributed by atoms with van der Waals surface area (Å²) in [6.45, 7) is 4.20. The highest BCUT2D eigenvalue weighted by atomic mass is 31.2. The Morgan fingerprint density at radius 3 is 1.37 bits per heavy atom. The molecule has 49 heavy (non-hydrogen) atoms.